The Morgan fingerprint density at radius 3 is 2.65 bits per heavy atom. The summed E-state index contributed by atoms with van der Waals surface area (Å²) >= 11 is 0. The number of nitrogens with one attached hydrogen (secondary N) is 1. The first-order chi connectivity index (χ1) is 9.51. The summed E-state index contributed by atoms with van der Waals surface area (Å²) in [5, 5.41) is 12.4. The van der Waals surface area contributed by atoms with Gasteiger partial charge in [0.25, 0.3) is 5.91 Å². The van der Waals surface area contributed by atoms with Gasteiger partial charge in [0.05, 0.1) is 24.0 Å². The minimum absolute atomic E-state index is 0.117. The molecule has 1 amide bonds. The summed E-state index contributed by atoms with van der Waals surface area (Å²) in [5.74, 6) is -0.0734. The highest BCUT2D eigenvalue weighted by molar-refractivity contribution is 6.07. The van der Waals surface area contributed by atoms with Gasteiger partial charge in [-0.15, -0.1) is 0 Å². The van der Waals surface area contributed by atoms with Crippen LogP contribution in [0.25, 0.3) is 0 Å². The number of methoxy groups -OCH3 is 1. The molecule has 0 aliphatic carbocycles. The van der Waals surface area contributed by atoms with Crippen molar-refractivity contribution < 1.29 is 14.6 Å². The van der Waals surface area contributed by atoms with E-state index in [1.165, 1.54) is 19.2 Å². The molecule has 0 heterocycles. The molecule has 5 heteroatoms. The monoisotopic (exact) mass is 272 g/mol. The number of aromatic hydroxyl groups is 1. The average Bonchev–Trinajstić information content (AvgIpc) is 2.42. The van der Waals surface area contributed by atoms with E-state index >= 15 is 0 Å². The number of hydrogen-bond acceptors (Lipinski definition) is 4. The second-order valence-electron chi connectivity index (χ2n) is 4.43. The molecule has 0 saturated carbocycles. The molecule has 0 bridgehead atoms. The molecule has 0 unspecified atom stereocenters. The number of phenols is 1. The van der Waals surface area contributed by atoms with Gasteiger partial charge >= 0.3 is 0 Å². The third-order valence-corrected chi connectivity index (χ3v) is 2.90. The third kappa shape index (κ3) is 2.83. The molecule has 0 aliphatic rings. The molecule has 0 atom stereocenters. The molecule has 5 nitrogen and oxygen atoms in total. The standard InChI is InChI=1S/C15H16N2O3/c1-9-3-5-13(12(16)7-9)17-15(19)11-8-10(20-2)4-6-14(11)18/h3-8,18H,16H2,1-2H3,(H,17,19). The minimum Gasteiger partial charge on any atom is -0.507 e. The Hall–Kier alpha value is -2.69. The van der Waals surface area contributed by atoms with Gasteiger partial charge < -0.3 is 20.9 Å². The molecule has 0 radical (unpaired) electrons. The molecule has 0 fully saturated rings. The van der Waals surface area contributed by atoms with Crippen LogP contribution in [0.15, 0.2) is 36.4 Å². The first kappa shape index (κ1) is 13.7. The highest BCUT2D eigenvalue weighted by Crippen LogP contribution is 2.25. The van der Waals surface area contributed by atoms with Gasteiger partial charge in [0.2, 0.25) is 0 Å². The lowest BCUT2D eigenvalue weighted by Gasteiger charge is -2.10. The van der Waals surface area contributed by atoms with Gasteiger partial charge in [-0.3, -0.25) is 4.79 Å². The number of phenolic OH excluding ortho intramolecular Hbond substituents is 1. The van der Waals surface area contributed by atoms with E-state index in [-0.39, 0.29) is 11.3 Å². The van der Waals surface area contributed by atoms with Crippen molar-refractivity contribution in [2.75, 3.05) is 18.2 Å². The number of hydrogen-bond donors (Lipinski definition) is 3. The predicted octanol–water partition coefficient (Wildman–Crippen LogP) is 2.54. The van der Waals surface area contributed by atoms with E-state index in [4.69, 9.17) is 10.5 Å². The molecular weight excluding hydrogens is 256 g/mol. The maximum absolute atomic E-state index is 12.2. The fourth-order valence-electron chi connectivity index (χ4n) is 1.81. The number of aryl methyl sites for hydroxylation is 1. The van der Waals surface area contributed by atoms with Crippen LogP contribution in [0.4, 0.5) is 11.4 Å². The molecule has 0 spiro atoms. The molecule has 0 aliphatic heterocycles. The molecule has 2 rings (SSSR count). The lowest BCUT2D eigenvalue weighted by molar-refractivity contribution is 0.102. The third-order valence-electron chi connectivity index (χ3n) is 2.90. The lowest BCUT2D eigenvalue weighted by atomic mass is 10.1. The normalized spacial score (nSPS) is 10.1. The number of rotatable bonds is 3. The van der Waals surface area contributed by atoms with E-state index in [9.17, 15) is 9.90 Å². The zero-order chi connectivity index (χ0) is 14.7. The summed E-state index contributed by atoms with van der Waals surface area (Å²) < 4.78 is 5.03. The van der Waals surface area contributed by atoms with Gasteiger partial charge in [-0.1, -0.05) is 6.07 Å². The number of carbonyl (C=O) groups excluding carboxylic acids is 1. The van der Waals surface area contributed by atoms with Crippen LogP contribution in [0.5, 0.6) is 11.5 Å². The summed E-state index contributed by atoms with van der Waals surface area (Å²) in [6.07, 6.45) is 0. The van der Waals surface area contributed by atoms with Crippen molar-refractivity contribution in [3.05, 3.63) is 47.5 Å². The van der Waals surface area contributed by atoms with Gasteiger partial charge in [-0.05, 0) is 42.8 Å². The summed E-state index contributed by atoms with van der Waals surface area (Å²) in [6, 6.07) is 9.78. The maximum Gasteiger partial charge on any atom is 0.259 e. The Labute approximate surface area is 117 Å². The number of nitrogen functional groups attached to an aromatic ring is 1. The van der Waals surface area contributed by atoms with Gasteiger partial charge in [0.1, 0.15) is 11.5 Å². The first-order valence-electron chi connectivity index (χ1n) is 6.05. The lowest BCUT2D eigenvalue weighted by Crippen LogP contribution is -2.13. The van der Waals surface area contributed by atoms with Gasteiger partial charge in [-0.2, -0.15) is 0 Å². The number of anilines is 2. The molecule has 2 aromatic carbocycles. The van der Waals surface area contributed by atoms with Crippen molar-refractivity contribution in [2.45, 2.75) is 6.92 Å². The second kappa shape index (κ2) is 5.52. The van der Waals surface area contributed by atoms with Crippen molar-refractivity contribution in [3.63, 3.8) is 0 Å². The quantitative estimate of drug-likeness (QED) is 0.750. The van der Waals surface area contributed by atoms with Gasteiger partial charge in [0, 0.05) is 0 Å². The first-order valence-corrected chi connectivity index (χ1v) is 6.05. The molecular formula is C15H16N2O3. The molecule has 0 aromatic heterocycles. The Morgan fingerprint density at radius 1 is 1.25 bits per heavy atom. The van der Waals surface area contributed by atoms with E-state index in [0.717, 1.165) is 5.56 Å². The predicted molar refractivity (Wildman–Crippen MR) is 78.2 cm³/mol. The number of benzene rings is 2. The van der Waals surface area contributed by atoms with Crippen molar-refractivity contribution in [1.82, 2.24) is 0 Å². The van der Waals surface area contributed by atoms with E-state index in [1.54, 1.807) is 18.2 Å². The number of nitrogens with two attached hydrogens (primary N) is 1. The SMILES string of the molecule is COc1ccc(O)c(C(=O)Nc2ccc(C)cc2N)c1. The second-order valence-corrected chi connectivity index (χ2v) is 4.43. The Balaban J connectivity index is 2.28. The Bertz CT molecular complexity index is 654. The maximum atomic E-state index is 12.2. The smallest absolute Gasteiger partial charge is 0.259 e. The highest BCUT2D eigenvalue weighted by Gasteiger charge is 2.13. The number of carbonyl (C=O) groups is 1. The van der Waals surface area contributed by atoms with Crippen LogP contribution in [0.1, 0.15) is 15.9 Å². The average molecular weight is 272 g/mol. The van der Waals surface area contributed by atoms with Crippen molar-refractivity contribution in [2.24, 2.45) is 0 Å². The van der Waals surface area contributed by atoms with E-state index in [1.807, 2.05) is 13.0 Å². The van der Waals surface area contributed by atoms with Crippen LogP contribution in [0, 0.1) is 6.92 Å². The van der Waals surface area contributed by atoms with Crippen LogP contribution in [0.2, 0.25) is 0 Å². The highest BCUT2D eigenvalue weighted by atomic mass is 16.5. The molecule has 4 N–H and O–H groups in total. The van der Waals surface area contributed by atoms with E-state index < -0.39 is 5.91 Å². The zero-order valence-electron chi connectivity index (χ0n) is 11.3. The fourth-order valence-corrected chi connectivity index (χ4v) is 1.81. The zero-order valence-corrected chi connectivity index (χ0v) is 11.3. The van der Waals surface area contributed by atoms with Crippen LogP contribution in [-0.2, 0) is 0 Å². The topological polar surface area (TPSA) is 84.6 Å². The summed E-state index contributed by atoms with van der Waals surface area (Å²) in [6.45, 7) is 1.91. The van der Waals surface area contributed by atoms with Crippen molar-refractivity contribution >= 4 is 17.3 Å². The molecule has 0 saturated heterocycles. The van der Waals surface area contributed by atoms with Crippen LogP contribution in [-0.4, -0.2) is 18.1 Å². The van der Waals surface area contributed by atoms with Crippen LogP contribution >= 0.6 is 0 Å². The summed E-state index contributed by atoms with van der Waals surface area (Å²) in [4.78, 5) is 12.2. The number of ether oxygens (including phenoxy) is 1. The van der Waals surface area contributed by atoms with E-state index in [2.05, 4.69) is 5.32 Å². The summed E-state index contributed by atoms with van der Waals surface area (Å²) in [7, 11) is 1.49. The Morgan fingerprint density at radius 2 is 2.00 bits per heavy atom. The van der Waals surface area contributed by atoms with Crippen molar-refractivity contribution in [3.8, 4) is 11.5 Å². The fraction of sp³-hybridized carbons (Fsp3) is 0.133. The molecule has 20 heavy (non-hydrogen) atoms. The van der Waals surface area contributed by atoms with Crippen LogP contribution < -0.4 is 15.8 Å². The van der Waals surface area contributed by atoms with Crippen molar-refractivity contribution in [1.29, 1.82) is 0 Å². The minimum atomic E-state index is -0.447. The van der Waals surface area contributed by atoms with E-state index in [0.29, 0.717) is 17.1 Å². The van der Waals surface area contributed by atoms with Gasteiger partial charge in [0.15, 0.2) is 0 Å². The summed E-state index contributed by atoms with van der Waals surface area (Å²) in [5.41, 5.74) is 7.95. The molecule has 104 valence electrons. The largest absolute Gasteiger partial charge is 0.507 e. The Kier molecular flexibility index (Phi) is 3.79. The molecule has 2 aromatic rings. The van der Waals surface area contributed by atoms with Gasteiger partial charge in [-0.25, -0.2) is 0 Å². The number of amides is 1. The van der Waals surface area contributed by atoms with Crippen LogP contribution in [0.3, 0.4) is 0 Å².